The van der Waals surface area contributed by atoms with Crippen molar-refractivity contribution >= 4 is 28.7 Å². The van der Waals surface area contributed by atoms with E-state index >= 15 is 0 Å². The van der Waals surface area contributed by atoms with Gasteiger partial charge in [0.2, 0.25) is 5.78 Å². The molecule has 2 heterocycles. The van der Waals surface area contributed by atoms with Crippen LogP contribution in [0.3, 0.4) is 0 Å². The molecule has 0 amide bonds. The molecule has 0 saturated heterocycles. The zero-order chi connectivity index (χ0) is 23.1. The topological polar surface area (TPSA) is 66.8 Å². The van der Waals surface area contributed by atoms with Crippen LogP contribution in [-0.4, -0.2) is 23.4 Å². The molecular formula is C27H21NO5. The van der Waals surface area contributed by atoms with Crippen molar-refractivity contribution in [1.82, 2.24) is 4.57 Å². The van der Waals surface area contributed by atoms with Gasteiger partial charge >= 0.3 is 5.97 Å². The third-order valence-electron chi connectivity index (χ3n) is 5.62. The van der Waals surface area contributed by atoms with E-state index in [4.69, 9.17) is 14.2 Å². The number of methoxy groups -OCH3 is 1. The standard InChI is InChI=1S/C27H21NO5/c1-16-5-4-6-17(11-16)27(30)32-20-7-9-21-24(14-20)33-25(26(21)29)12-18-15-28(2)23-10-8-19(31-3)13-22(18)23/h4-15H,1-3H3/b25-12-. The van der Waals surface area contributed by atoms with Gasteiger partial charge in [0.25, 0.3) is 0 Å². The van der Waals surface area contributed by atoms with E-state index in [9.17, 15) is 9.59 Å². The number of aryl methyl sites for hydroxylation is 2. The Balaban J connectivity index is 1.43. The average molecular weight is 439 g/mol. The summed E-state index contributed by atoms with van der Waals surface area (Å²) in [6.45, 7) is 1.91. The smallest absolute Gasteiger partial charge is 0.343 e. The monoisotopic (exact) mass is 439 g/mol. The molecule has 1 aliphatic heterocycles. The molecule has 0 aliphatic carbocycles. The molecule has 0 atom stereocenters. The number of hydrogen-bond donors (Lipinski definition) is 0. The summed E-state index contributed by atoms with van der Waals surface area (Å²) in [7, 11) is 3.56. The van der Waals surface area contributed by atoms with Crippen LogP contribution in [-0.2, 0) is 7.05 Å². The molecule has 6 nitrogen and oxygen atoms in total. The van der Waals surface area contributed by atoms with Gasteiger partial charge in [-0.2, -0.15) is 0 Å². The minimum atomic E-state index is -0.469. The molecule has 0 saturated carbocycles. The quantitative estimate of drug-likeness (QED) is 0.244. The second kappa shape index (κ2) is 7.98. The first kappa shape index (κ1) is 20.6. The number of fused-ring (bicyclic) bond motifs is 2. The molecule has 0 spiro atoms. The Morgan fingerprint density at radius 2 is 1.85 bits per heavy atom. The first-order valence-electron chi connectivity index (χ1n) is 10.4. The Morgan fingerprint density at radius 1 is 1.03 bits per heavy atom. The van der Waals surface area contributed by atoms with Gasteiger partial charge in [0.05, 0.1) is 18.2 Å². The highest BCUT2D eigenvalue weighted by molar-refractivity contribution is 6.15. The number of esters is 1. The lowest BCUT2D eigenvalue weighted by Gasteiger charge is -2.06. The van der Waals surface area contributed by atoms with Crippen molar-refractivity contribution in [2.24, 2.45) is 7.05 Å². The second-order valence-corrected chi connectivity index (χ2v) is 7.94. The molecule has 1 aliphatic rings. The molecule has 3 aromatic carbocycles. The van der Waals surface area contributed by atoms with Gasteiger partial charge < -0.3 is 18.8 Å². The zero-order valence-electron chi connectivity index (χ0n) is 18.4. The average Bonchev–Trinajstić information content (AvgIpc) is 3.29. The van der Waals surface area contributed by atoms with Crippen LogP contribution in [0.15, 0.2) is 72.6 Å². The molecule has 6 heteroatoms. The summed E-state index contributed by atoms with van der Waals surface area (Å²) >= 11 is 0. The van der Waals surface area contributed by atoms with E-state index in [1.54, 1.807) is 49.6 Å². The molecule has 0 radical (unpaired) electrons. The number of ether oxygens (including phenoxy) is 3. The number of rotatable bonds is 4. The highest BCUT2D eigenvalue weighted by atomic mass is 16.5. The Bertz CT molecular complexity index is 1460. The van der Waals surface area contributed by atoms with Crippen LogP contribution in [0.4, 0.5) is 0 Å². The van der Waals surface area contributed by atoms with E-state index in [-0.39, 0.29) is 11.5 Å². The fourth-order valence-electron chi connectivity index (χ4n) is 3.95. The van der Waals surface area contributed by atoms with Crippen LogP contribution in [0.5, 0.6) is 17.2 Å². The summed E-state index contributed by atoms with van der Waals surface area (Å²) in [5, 5.41) is 0.949. The highest BCUT2D eigenvalue weighted by Gasteiger charge is 2.28. The number of carbonyl (C=O) groups is 2. The molecule has 164 valence electrons. The number of benzene rings is 3. The van der Waals surface area contributed by atoms with E-state index in [0.29, 0.717) is 22.6 Å². The predicted octanol–water partition coefficient (Wildman–Crippen LogP) is 5.33. The van der Waals surface area contributed by atoms with Gasteiger partial charge in [0.15, 0.2) is 5.76 Å². The van der Waals surface area contributed by atoms with Crippen LogP contribution in [0.1, 0.15) is 31.8 Å². The minimum absolute atomic E-state index is 0.211. The molecule has 0 N–H and O–H groups in total. The van der Waals surface area contributed by atoms with Gasteiger partial charge in [0, 0.05) is 35.8 Å². The summed E-state index contributed by atoms with van der Waals surface area (Å²) in [6.07, 6.45) is 3.66. The maximum absolute atomic E-state index is 12.9. The number of Topliss-reactive ketones (excluding diaryl/α,β-unsaturated/α-hetero) is 1. The van der Waals surface area contributed by atoms with Crippen LogP contribution in [0.25, 0.3) is 17.0 Å². The third kappa shape index (κ3) is 3.76. The maximum atomic E-state index is 12.9. The molecule has 0 unspecified atom stereocenters. The predicted molar refractivity (Wildman–Crippen MR) is 125 cm³/mol. The van der Waals surface area contributed by atoms with Gasteiger partial charge in [-0.25, -0.2) is 4.79 Å². The van der Waals surface area contributed by atoms with E-state index in [1.165, 1.54) is 0 Å². The van der Waals surface area contributed by atoms with Gasteiger partial charge in [0.1, 0.15) is 17.2 Å². The molecular weight excluding hydrogens is 418 g/mol. The fraction of sp³-hybridized carbons (Fsp3) is 0.111. The minimum Gasteiger partial charge on any atom is -0.497 e. The number of ketones is 1. The maximum Gasteiger partial charge on any atom is 0.343 e. The van der Waals surface area contributed by atoms with E-state index in [2.05, 4.69) is 0 Å². The number of aromatic nitrogens is 1. The van der Waals surface area contributed by atoms with Crippen molar-refractivity contribution in [3.63, 3.8) is 0 Å². The Morgan fingerprint density at radius 3 is 2.64 bits per heavy atom. The first-order valence-corrected chi connectivity index (χ1v) is 10.4. The van der Waals surface area contributed by atoms with Gasteiger partial charge in [-0.15, -0.1) is 0 Å². The summed E-state index contributed by atoms with van der Waals surface area (Å²) in [6, 6.07) is 17.7. The van der Waals surface area contributed by atoms with Crippen LogP contribution in [0, 0.1) is 6.92 Å². The lowest BCUT2D eigenvalue weighted by Crippen LogP contribution is -2.08. The summed E-state index contributed by atoms with van der Waals surface area (Å²) in [5.74, 6) is 0.922. The lowest BCUT2D eigenvalue weighted by molar-refractivity contribution is 0.0734. The Kier molecular flexibility index (Phi) is 4.98. The zero-order valence-corrected chi connectivity index (χ0v) is 18.4. The Labute approximate surface area is 190 Å². The number of allylic oxidation sites excluding steroid dienone is 1. The van der Waals surface area contributed by atoms with Crippen molar-refractivity contribution in [3.8, 4) is 17.2 Å². The molecule has 1 aromatic heterocycles. The van der Waals surface area contributed by atoms with Gasteiger partial charge in [-0.1, -0.05) is 17.7 Å². The van der Waals surface area contributed by atoms with Crippen LogP contribution >= 0.6 is 0 Å². The number of nitrogens with zero attached hydrogens (tertiary/aromatic N) is 1. The van der Waals surface area contributed by atoms with E-state index < -0.39 is 5.97 Å². The van der Waals surface area contributed by atoms with Crippen molar-refractivity contribution in [2.75, 3.05) is 7.11 Å². The van der Waals surface area contributed by atoms with Crippen molar-refractivity contribution in [3.05, 3.63) is 94.9 Å². The highest BCUT2D eigenvalue weighted by Crippen LogP contribution is 2.36. The van der Waals surface area contributed by atoms with Gasteiger partial charge in [-0.3, -0.25) is 4.79 Å². The van der Waals surface area contributed by atoms with E-state index in [1.807, 2.05) is 49.0 Å². The Hall–Kier alpha value is -4.32. The molecule has 33 heavy (non-hydrogen) atoms. The van der Waals surface area contributed by atoms with Crippen LogP contribution < -0.4 is 14.2 Å². The van der Waals surface area contributed by atoms with Gasteiger partial charge in [-0.05, 0) is 55.5 Å². The molecule has 5 rings (SSSR count). The SMILES string of the molecule is COc1ccc2c(c1)c(/C=C1\Oc3cc(OC(=O)c4cccc(C)c4)ccc3C1=O)cn2C. The molecule has 4 aromatic rings. The largest absolute Gasteiger partial charge is 0.497 e. The first-order chi connectivity index (χ1) is 15.9. The third-order valence-corrected chi connectivity index (χ3v) is 5.62. The van der Waals surface area contributed by atoms with Crippen molar-refractivity contribution < 1.29 is 23.8 Å². The molecule has 0 bridgehead atoms. The summed E-state index contributed by atoms with van der Waals surface area (Å²) < 4.78 is 18.7. The molecule has 0 fully saturated rings. The second-order valence-electron chi connectivity index (χ2n) is 7.94. The normalized spacial score (nSPS) is 13.8. The van der Waals surface area contributed by atoms with Crippen molar-refractivity contribution in [1.29, 1.82) is 0 Å². The summed E-state index contributed by atoms with van der Waals surface area (Å²) in [5.41, 5.74) is 3.70. The van der Waals surface area contributed by atoms with E-state index in [0.717, 1.165) is 27.8 Å². The summed E-state index contributed by atoms with van der Waals surface area (Å²) in [4.78, 5) is 25.4. The fourth-order valence-corrected chi connectivity index (χ4v) is 3.95. The lowest BCUT2D eigenvalue weighted by atomic mass is 10.1. The van der Waals surface area contributed by atoms with Crippen molar-refractivity contribution in [2.45, 2.75) is 6.92 Å². The van der Waals surface area contributed by atoms with Crippen LogP contribution in [0.2, 0.25) is 0 Å². The number of carbonyl (C=O) groups excluding carboxylic acids is 2. The number of hydrogen-bond acceptors (Lipinski definition) is 5.